The molecule has 0 saturated heterocycles. The molecule has 7 heteroatoms. The van der Waals surface area contributed by atoms with Gasteiger partial charge in [-0.05, 0) is 57.6 Å². The third-order valence-corrected chi connectivity index (χ3v) is 8.31. The number of anilines is 2. The summed E-state index contributed by atoms with van der Waals surface area (Å²) in [5.74, 6) is -2.39. The van der Waals surface area contributed by atoms with Gasteiger partial charge >= 0.3 is 0 Å². The van der Waals surface area contributed by atoms with Gasteiger partial charge in [-0.15, -0.1) is 0 Å². The molecule has 4 aromatic rings. The average Bonchev–Trinajstić information content (AvgIpc) is 3.52. The number of hydrogen-bond acceptors (Lipinski definition) is 5. The van der Waals surface area contributed by atoms with Crippen molar-refractivity contribution in [3.05, 3.63) is 130 Å². The van der Waals surface area contributed by atoms with E-state index in [1.807, 2.05) is 60.7 Å². The van der Waals surface area contributed by atoms with Crippen LogP contribution in [0.3, 0.4) is 0 Å². The molecule has 208 valence electrons. The SMILES string of the molecule is O=C(c1cccc(N2C(=O)C=CC2=O)c1-c1ccc2c(c1)C=C2)c1cccc(N2C(=O)C=CC2=O)c1-c1ccc2c(c1)C=C2. The summed E-state index contributed by atoms with van der Waals surface area (Å²) in [5.41, 5.74) is 7.34. The fraction of sp³-hybridized carbons (Fsp3) is 0. The molecule has 8 rings (SSSR count). The van der Waals surface area contributed by atoms with Gasteiger partial charge in [0.15, 0.2) is 5.78 Å². The van der Waals surface area contributed by atoms with Crippen LogP contribution in [-0.2, 0) is 19.2 Å². The molecule has 0 saturated carbocycles. The number of rotatable bonds is 6. The van der Waals surface area contributed by atoms with Gasteiger partial charge in [0.25, 0.3) is 23.6 Å². The zero-order valence-corrected chi connectivity index (χ0v) is 23.0. The standard InChI is InChI=1S/C37H20N2O5/c40-31-15-16-32(41)38(31)29-5-1-3-27(35(29)25-13-9-21-7-11-23(21)19-25)37(44)28-4-2-6-30(39-33(42)17-18-34(39)43)36(28)26-14-10-22-8-12-24(22)20-26/h1-20H. The van der Waals surface area contributed by atoms with E-state index in [0.29, 0.717) is 22.3 Å². The second kappa shape index (κ2) is 9.40. The average molecular weight is 573 g/mol. The van der Waals surface area contributed by atoms with Crippen molar-refractivity contribution in [2.45, 2.75) is 0 Å². The van der Waals surface area contributed by atoms with E-state index in [1.54, 1.807) is 36.4 Å². The summed E-state index contributed by atoms with van der Waals surface area (Å²) in [5, 5.41) is 0. The molecule has 0 N–H and O–H groups in total. The van der Waals surface area contributed by atoms with Crippen molar-refractivity contribution < 1.29 is 24.0 Å². The van der Waals surface area contributed by atoms with Gasteiger partial charge in [-0.25, -0.2) is 9.80 Å². The number of amides is 4. The first-order valence-electron chi connectivity index (χ1n) is 14.0. The van der Waals surface area contributed by atoms with E-state index in [-0.39, 0.29) is 22.5 Å². The first-order chi connectivity index (χ1) is 21.4. The molecule has 2 heterocycles. The quantitative estimate of drug-likeness (QED) is 0.178. The van der Waals surface area contributed by atoms with Gasteiger partial charge in [-0.1, -0.05) is 72.8 Å². The molecular formula is C37H20N2O5. The van der Waals surface area contributed by atoms with Gasteiger partial charge in [0, 0.05) is 46.6 Å². The number of carbonyl (C=O) groups is 5. The monoisotopic (exact) mass is 572 g/mol. The van der Waals surface area contributed by atoms with Crippen LogP contribution in [-0.4, -0.2) is 29.4 Å². The number of nitrogens with zero attached hydrogens (tertiary/aromatic N) is 2. The lowest BCUT2D eigenvalue weighted by atomic mass is 9.85. The van der Waals surface area contributed by atoms with Crippen LogP contribution in [0.1, 0.15) is 38.2 Å². The lowest BCUT2D eigenvalue weighted by Gasteiger charge is -2.24. The molecule has 0 atom stereocenters. The van der Waals surface area contributed by atoms with E-state index in [0.717, 1.165) is 32.1 Å². The summed E-state index contributed by atoms with van der Waals surface area (Å²) in [4.78, 5) is 68.3. The molecule has 4 amide bonds. The maximum Gasteiger partial charge on any atom is 0.258 e. The molecule has 4 aromatic carbocycles. The normalized spacial score (nSPS) is 15.5. The third kappa shape index (κ3) is 3.73. The van der Waals surface area contributed by atoms with Crippen LogP contribution in [0.2, 0.25) is 0 Å². The molecule has 0 aromatic heterocycles. The van der Waals surface area contributed by atoms with E-state index >= 15 is 0 Å². The molecule has 0 spiro atoms. The minimum atomic E-state index is -0.499. The summed E-state index contributed by atoms with van der Waals surface area (Å²) >= 11 is 0. The smallest absolute Gasteiger partial charge is 0.258 e. The number of imide groups is 2. The Bertz CT molecular complexity index is 1990. The van der Waals surface area contributed by atoms with Crippen LogP contribution in [0.15, 0.2) is 97.1 Å². The highest BCUT2D eigenvalue weighted by atomic mass is 16.2. The Labute approximate surface area is 251 Å². The first kappa shape index (κ1) is 25.5. The highest BCUT2D eigenvalue weighted by molar-refractivity contribution is 6.32. The van der Waals surface area contributed by atoms with Crippen LogP contribution < -0.4 is 9.80 Å². The molecule has 2 aliphatic heterocycles. The van der Waals surface area contributed by atoms with Crippen LogP contribution in [0, 0.1) is 0 Å². The summed E-state index contributed by atoms with van der Waals surface area (Å²) in [7, 11) is 0. The lowest BCUT2D eigenvalue weighted by molar-refractivity contribution is -0.121. The van der Waals surface area contributed by atoms with Gasteiger partial charge in [0.1, 0.15) is 0 Å². The van der Waals surface area contributed by atoms with E-state index in [2.05, 4.69) is 0 Å². The molecule has 0 fully saturated rings. The maximum atomic E-state index is 14.8. The maximum absolute atomic E-state index is 14.8. The van der Waals surface area contributed by atoms with Crippen molar-refractivity contribution in [3.8, 4) is 22.3 Å². The van der Waals surface area contributed by atoms with Crippen LogP contribution in [0.4, 0.5) is 11.4 Å². The lowest BCUT2D eigenvalue weighted by Crippen LogP contribution is -2.31. The Balaban J connectivity index is 1.36. The fourth-order valence-electron chi connectivity index (χ4n) is 6.08. The molecule has 44 heavy (non-hydrogen) atoms. The number of benzene rings is 4. The number of ketones is 1. The summed E-state index contributed by atoms with van der Waals surface area (Å²) in [6.07, 6.45) is 12.7. The van der Waals surface area contributed by atoms with Gasteiger partial charge in [-0.2, -0.15) is 0 Å². The number of carbonyl (C=O) groups excluding carboxylic acids is 5. The molecule has 0 bridgehead atoms. The number of fused-ring (bicyclic) bond motifs is 2. The highest BCUT2D eigenvalue weighted by Crippen LogP contribution is 2.43. The number of hydrogen-bond donors (Lipinski definition) is 0. The van der Waals surface area contributed by atoms with Crippen molar-refractivity contribution in [1.29, 1.82) is 0 Å². The van der Waals surface area contributed by atoms with Crippen molar-refractivity contribution in [1.82, 2.24) is 0 Å². The second-order valence-electron chi connectivity index (χ2n) is 10.8. The van der Waals surface area contributed by atoms with Crippen LogP contribution >= 0.6 is 0 Å². The van der Waals surface area contributed by atoms with Gasteiger partial charge in [0.05, 0.1) is 11.4 Å². The van der Waals surface area contributed by atoms with Gasteiger partial charge < -0.3 is 0 Å². The molecule has 2 aliphatic carbocycles. The fourth-order valence-corrected chi connectivity index (χ4v) is 6.08. The van der Waals surface area contributed by atoms with E-state index in [4.69, 9.17) is 0 Å². The Hall–Kier alpha value is -6.21. The molecule has 0 radical (unpaired) electrons. The van der Waals surface area contributed by atoms with E-state index in [9.17, 15) is 24.0 Å². The van der Waals surface area contributed by atoms with Crippen LogP contribution in [0.25, 0.3) is 46.6 Å². The largest absolute Gasteiger partial charge is 0.289 e. The predicted octanol–water partition coefficient (Wildman–Crippen LogP) is 6.08. The predicted molar refractivity (Wildman–Crippen MR) is 168 cm³/mol. The minimum absolute atomic E-state index is 0.262. The summed E-state index contributed by atoms with van der Waals surface area (Å²) < 4.78 is 0. The van der Waals surface area contributed by atoms with Gasteiger partial charge in [0.2, 0.25) is 0 Å². The zero-order chi connectivity index (χ0) is 30.1. The zero-order valence-electron chi connectivity index (χ0n) is 23.0. The van der Waals surface area contributed by atoms with Gasteiger partial charge in [-0.3, -0.25) is 24.0 Å². The highest BCUT2D eigenvalue weighted by Gasteiger charge is 2.33. The molecule has 7 nitrogen and oxygen atoms in total. The molecule has 4 aliphatic rings. The first-order valence-corrected chi connectivity index (χ1v) is 14.0. The van der Waals surface area contributed by atoms with E-state index < -0.39 is 29.4 Å². The summed E-state index contributed by atoms with van der Waals surface area (Å²) in [6, 6.07) is 21.4. The Morgan fingerprint density at radius 3 is 1.16 bits per heavy atom. The summed E-state index contributed by atoms with van der Waals surface area (Å²) in [6.45, 7) is 0. The van der Waals surface area contributed by atoms with Crippen molar-refractivity contribution in [3.63, 3.8) is 0 Å². The minimum Gasteiger partial charge on any atom is -0.289 e. The van der Waals surface area contributed by atoms with Crippen LogP contribution in [0.5, 0.6) is 0 Å². The van der Waals surface area contributed by atoms with Crippen molar-refractivity contribution >= 4 is 65.1 Å². The Morgan fingerprint density at radius 2 is 0.818 bits per heavy atom. The van der Waals surface area contributed by atoms with E-state index in [1.165, 1.54) is 24.3 Å². The molecular weight excluding hydrogens is 552 g/mol. The van der Waals surface area contributed by atoms with Crippen molar-refractivity contribution in [2.75, 3.05) is 9.80 Å². The Morgan fingerprint density at radius 1 is 0.432 bits per heavy atom. The third-order valence-electron chi connectivity index (χ3n) is 8.31. The van der Waals surface area contributed by atoms with Crippen molar-refractivity contribution in [2.24, 2.45) is 0 Å². The topological polar surface area (TPSA) is 91.8 Å². The second-order valence-corrected chi connectivity index (χ2v) is 10.8. The molecule has 0 unspecified atom stereocenters. The Kier molecular flexibility index (Phi) is 5.45.